The number of ether oxygens (including phenoxy) is 1. The molecule has 0 saturated carbocycles. The Hall–Kier alpha value is -0.380. The number of aliphatic hydroxyl groups is 1. The van der Waals surface area contributed by atoms with Crippen molar-refractivity contribution in [1.29, 1.82) is 0 Å². The van der Waals surface area contributed by atoms with Crippen molar-refractivity contribution in [2.45, 2.75) is 6.10 Å². The summed E-state index contributed by atoms with van der Waals surface area (Å²) >= 11 is 0. The molecule has 0 aromatic rings. The lowest BCUT2D eigenvalue weighted by Crippen LogP contribution is -2.30. The fourth-order valence-electron chi connectivity index (χ4n) is 0.615. The molecule has 0 aromatic carbocycles. The van der Waals surface area contributed by atoms with Gasteiger partial charge in [-0.2, -0.15) is 0 Å². The number of nitrogens with one attached hydrogen (secondary N) is 1. The summed E-state index contributed by atoms with van der Waals surface area (Å²) in [4.78, 5) is 0. The Morgan fingerprint density at radius 2 is 2.36 bits per heavy atom. The van der Waals surface area contributed by atoms with Gasteiger partial charge in [-0.05, 0) is 13.5 Å². The predicted octanol–water partition coefficient (Wildman–Crippen LogP) is -0.0264. The fraction of sp³-hybridized carbons (Fsp3) is 0.625. The van der Waals surface area contributed by atoms with Gasteiger partial charge in [-0.3, -0.25) is 0 Å². The van der Waals surface area contributed by atoms with Crippen LogP contribution in [0.5, 0.6) is 0 Å². The Kier molecular flexibility index (Phi) is 7.46. The number of rotatable bonds is 7. The van der Waals surface area contributed by atoms with Crippen LogP contribution in [0.2, 0.25) is 0 Å². The van der Waals surface area contributed by atoms with Crippen molar-refractivity contribution in [3.8, 4) is 0 Å². The fourth-order valence-corrected chi connectivity index (χ4v) is 0.615. The van der Waals surface area contributed by atoms with Crippen molar-refractivity contribution < 1.29 is 9.84 Å². The normalized spacial score (nSPS) is 12.9. The van der Waals surface area contributed by atoms with Gasteiger partial charge in [0, 0.05) is 6.54 Å². The van der Waals surface area contributed by atoms with Crippen LogP contribution < -0.4 is 5.32 Å². The molecule has 1 unspecified atom stereocenters. The molecule has 1 radical (unpaired) electrons. The minimum absolute atomic E-state index is 0.346. The van der Waals surface area contributed by atoms with Crippen LogP contribution in [0.15, 0.2) is 12.7 Å². The van der Waals surface area contributed by atoms with Crippen molar-refractivity contribution in [2.24, 2.45) is 0 Å². The van der Waals surface area contributed by atoms with Crippen LogP contribution in [-0.2, 0) is 4.74 Å². The van der Waals surface area contributed by atoms with E-state index in [1.165, 1.54) is 0 Å². The van der Waals surface area contributed by atoms with E-state index < -0.39 is 6.10 Å². The molecule has 0 spiro atoms. The third kappa shape index (κ3) is 7.52. The van der Waals surface area contributed by atoms with E-state index in [0.29, 0.717) is 26.3 Å². The first kappa shape index (κ1) is 10.6. The van der Waals surface area contributed by atoms with Crippen molar-refractivity contribution in [1.82, 2.24) is 5.32 Å². The van der Waals surface area contributed by atoms with E-state index in [1.807, 2.05) is 0 Å². The van der Waals surface area contributed by atoms with E-state index in [2.05, 4.69) is 18.8 Å². The van der Waals surface area contributed by atoms with Crippen molar-refractivity contribution in [3.05, 3.63) is 19.6 Å². The Balaban J connectivity index is 3.08. The van der Waals surface area contributed by atoms with E-state index in [9.17, 15) is 0 Å². The zero-order valence-corrected chi connectivity index (χ0v) is 6.75. The molecule has 0 aliphatic heterocycles. The first-order valence-electron chi connectivity index (χ1n) is 3.68. The second-order valence-corrected chi connectivity index (χ2v) is 2.18. The Morgan fingerprint density at radius 1 is 1.64 bits per heavy atom. The number of hydrogen-bond acceptors (Lipinski definition) is 3. The molecular formula is C8H16NO2. The minimum Gasteiger partial charge on any atom is -0.389 e. The average molecular weight is 158 g/mol. The molecule has 0 fully saturated rings. The molecule has 2 N–H and O–H groups in total. The highest BCUT2D eigenvalue weighted by Gasteiger charge is 2.00. The Labute approximate surface area is 68.1 Å². The number of hydrogen-bond donors (Lipinski definition) is 2. The van der Waals surface area contributed by atoms with Crippen molar-refractivity contribution >= 4 is 0 Å². The standard InChI is InChI=1S/C8H16NO2/c1-3-5-11-7-8(10)6-9-4-2/h3,8-10H,1-2,4-7H2. The second kappa shape index (κ2) is 7.72. The second-order valence-electron chi connectivity index (χ2n) is 2.18. The summed E-state index contributed by atoms with van der Waals surface area (Å²) in [5.41, 5.74) is 0. The zero-order valence-electron chi connectivity index (χ0n) is 6.75. The molecule has 3 nitrogen and oxygen atoms in total. The first-order chi connectivity index (χ1) is 5.31. The molecule has 0 amide bonds. The van der Waals surface area contributed by atoms with Crippen LogP contribution in [-0.4, -0.2) is 37.5 Å². The van der Waals surface area contributed by atoms with Crippen LogP contribution in [0.25, 0.3) is 0 Å². The van der Waals surface area contributed by atoms with E-state index in [-0.39, 0.29) is 0 Å². The molecule has 0 saturated heterocycles. The molecule has 11 heavy (non-hydrogen) atoms. The van der Waals surface area contributed by atoms with E-state index in [4.69, 9.17) is 9.84 Å². The van der Waals surface area contributed by atoms with Crippen LogP contribution in [0, 0.1) is 6.92 Å². The van der Waals surface area contributed by atoms with Crippen molar-refractivity contribution in [2.75, 3.05) is 26.3 Å². The van der Waals surface area contributed by atoms with Gasteiger partial charge in [-0.1, -0.05) is 6.08 Å². The minimum atomic E-state index is -0.448. The Morgan fingerprint density at radius 3 is 2.91 bits per heavy atom. The molecule has 0 bridgehead atoms. The molecular weight excluding hydrogens is 142 g/mol. The summed E-state index contributed by atoms with van der Waals surface area (Å²) in [6.45, 7) is 9.05. The van der Waals surface area contributed by atoms with Gasteiger partial charge in [-0.15, -0.1) is 6.58 Å². The third-order valence-corrected chi connectivity index (χ3v) is 1.10. The van der Waals surface area contributed by atoms with Gasteiger partial charge in [-0.25, -0.2) is 0 Å². The molecule has 0 aromatic heterocycles. The van der Waals surface area contributed by atoms with Gasteiger partial charge in [0.2, 0.25) is 0 Å². The van der Waals surface area contributed by atoms with Crippen molar-refractivity contribution in [3.63, 3.8) is 0 Å². The zero-order chi connectivity index (χ0) is 8.53. The Bertz CT molecular complexity index is 96.1. The van der Waals surface area contributed by atoms with E-state index in [1.54, 1.807) is 6.08 Å². The maximum absolute atomic E-state index is 9.16. The molecule has 0 aliphatic rings. The van der Waals surface area contributed by atoms with Crippen LogP contribution in [0.3, 0.4) is 0 Å². The lowest BCUT2D eigenvalue weighted by atomic mass is 10.4. The van der Waals surface area contributed by atoms with Gasteiger partial charge in [0.15, 0.2) is 0 Å². The molecule has 65 valence electrons. The molecule has 0 heterocycles. The largest absolute Gasteiger partial charge is 0.389 e. The van der Waals surface area contributed by atoms with Gasteiger partial charge in [0.1, 0.15) is 0 Å². The lowest BCUT2D eigenvalue weighted by molar-refractivity contribution is 0.0500. The summed E-state index contributed by atoms with van der Waals surface area (Å²) in [5, 5.41) is 12.1. The number of aliphatic hydroxyl groups excluding tert-OH is 1. The molecule has 0 rings (SSSR count). The SMILES string of the molecule is [CH2]CNCC(O)COCC=C. The molecule has 0 aliphatic carbocycles. The van der Waals surface area contributed by atoms with Crippen LogP contribution >= 0.6 is 0 Å². The summed E-state index contributed by atoms with van der Waals surface area (Å²) in [7, 11) is 0. The highest BCUT2D eigenvalue weighted by atomic mass is 16.5. The molecule has 1 atom stereocenters. The summed E-state index contributed by atoms with van der Waals surface area (Å²) < 4.78 is 5.01. The smallest absolute Gasteiger partial charge is 0.0897 e. The molecule has 3 heteroatoms. The van der Waals surface area contributed by atoms with Crippen LogP contribution in [0.1, 0.15) is 0 Å². The first-order valence-corrected chi connectivity index (χ1v) is 3.68. The van der Waals surface area contributed by atoms with E-state index in [0.717, 1.165) is 0 Å². The van der Waals surface area contributed by atoms with Gasteiger partial charge in [0.05, 0.1) is 19.3 Å². The maximum Gasteiger partial charge on any atom is 0.0897 e. The maximum atomic E-state index is 9.16. The predicted molar refractivity (Wildman–Crippen MR) is 45.2 cm³/mol. The topological polar surface area (TPSA) is 41.5 Å². The lowest BCUT2D eigenvalue weighted by Gasteiger charge is -2.09. The summed E-state index contributed by atoms with van der Waals surface area (Å²) in [6.07, 6.45) is 1.21. The van der Waals surface area contributed by atoms with Gasteiger partial charge >= 0.3 is 0 Å². The highest BCUT2D eigenvalue weighted by molar-refractivity contribution is 4.65. The van der Waals surface area contributed by atoms with Gasteiger partial charge in [0.25, 0.3) is 0 Å². The quantitative estimate of drug-likeness (QED) is 0.404. The van der Waals surface area contributed by atoms with Gasteiger partial charge < -0.3 is 15.2 Å². The summed E-state index contributed by atoms with van der Waals surface area (Å²) in [6, 6.07) is 0. The van der Waals surface area contributed by atoms with E-state index >= 15 is 0 Å². The third-order valence-electron chi connectivity index (χ3n) is 1.10. The highest BCUT2D eigenvalue weighted by Crippen LogP contribution is 1.83. The summed E-state index contributed by atoms with van der Waals surface area (Å²) in [5.74, 6) is 0. The monoisotopic (exact) mass is 158 g/mol. The average Bonchev–Trinajstić information content (AvgIpc) is 2.01. The van der Waals surface area contributed by atoms with Crippen LogP contribution in [0.4, 0.5) is 0 Å².